The van der Waals surface area contributed by atoms with E-state index < -0.39 is 0 Å². The number of piperidine rings is 1. The van der Waals surface area contributed by atoms with Crippen LogP contribution < -0.4 is 4.90 Å². The van der Waals surface area contributed by atoms with Crippen LogP contribution in [0, 0.1) is 5.92 Å². The Bertz CT molecular complexity index is 523. The minimum Gasteiger partial charge on any atom is -0.355 e. The molecule has 100 valence electrons. The van der Waals surface area contributed by atoms with E-state index in [-0.39, 0.29) is 0 Å². The molecule has 19 heavy (non-hydrogen) atoms. The van der Waals surface area contributed by atoms with Crippen molar-refractivity contribution in [2.75, 3.05) is 18.0 Å². The highest BCUT2D eigenvalue weighted by atomic mass is 79.9. The fourth-order valence-electron chi connectivity index (χ4n) is 2.67. The summed E-state index contributed by atoms with van der Waals surface area (Å²) >= 11 is 3.43. The molecule has 3 heterocycles. The molecule has 1 fully saturated rings. The van der Waals surface area contributed by atoms with Gasteiger partial charge < -0.3 is 9.47 Å². The normalized spacial score (nSPS) is 23.6. The molecule has 0 aromatic carbocycles. The summed E-state index contributed by atoms with van der Waals surface area (Å²) in [7, 11) is 0. The lowest BCUT2D eigenvalue weighted by Gasteiger charge is -2.38. The second-order valence-corrected chi connectivity index (χ2v) is 6.04. The van der Waals surface area contributed by atoms with Crippen LogP contribution in [-0.4, -0.2) is 27.6 Å². The summed E-state index contributed by atoms with van der Waals surface area (Å²) in [5.74, 6) is 1.72. The molecule has 2 atom stereocenters. The Morgan fingerprint density at radius 2 is 2.26 bits per heavy atom. The summed E-state index contributed by atoms with van der Waals surface area (Å²) in [5, 5.41) is 0. The number of rotatable bonds is 2. The molecule has 0 unspecified atom stereocenters. The van der Waals surface area contributed by atoms with Crippen LogP contribution in [0.15, 0.2) is 41.5 Å². The van der Waals surface area contributed by atoms with Crippen LogP contribution in [0.1, 0.15) is 19.4 Å². The third-order valence-electron chi connectivity index (χ3n) is 3.86. The Kier molecular flexibility index (Phi) is 3.55. The Balaban J connectivity index is 1.80. The Labute approximate surface area is 121 Å². The second-order valence-electron chi connectivity index (χ2n) is 5.12. The molecule has 5 heteroatoms. The van der Waals surface area contributed by atoms with Crippen molar-refractivity contribution in [3.05, 3.63) is 41.5 Å². The van der Waals surface area contributed by atoms with Crippen molar-refractivity contribution in [3.8, 4) is 0 Å². The van der Waals surface area contributed by atoms with Gasteiger partial charge in [0.2, 0.25) is 0 Å². The first-order valence-corrected chi connectivity index (χ1v) is 7.37. The van der Waals surface area contributed by atoms with E-state index in [4.69, 9.17) is 0 Å². The summed E-state index contributed by atoms with van der Waals surface area (Å²) in [6.07, 6.45) is 8.86. The number of hydrogen-bond acceptors (Lipinski definition) is 3. The van der Waals surface area contributed by atoms with E-state index in [0.717, 1.165) is 23.4 Å². The summed E-state index contributed by atoms with van der Waals surface area (Å²) in [4.78, 5) is 11.0. The lowest BCUT2D eigenvalue weighted by Crippen LogP contribution is -2.40. The number of nitrogens with zero attached hydrogens (tertiary/aromatic N) is 4. The molecule has 0 spiro atoms. The van der Waals surface area contributed by atoms with Gasteiger partial charge in [-0.25, -0.2) is 9.97 Å². The minimum absolute atomic E-state index is 0.474. The quantitative estimate of drug-likeness (QED) is 0.852. The van der Waals surface area contributed by atoms with E-state index >= 15 is 0 Å². The Morgan fingerprint density at radius 1 is 1.37 bits per heavy atom. The first-order valence-electron chi connectivity index (χ1n) is 6.58. The molecule has 4 nitrogen and oxygen atoms in total. The molecule has 0 amide bonds. The molecule has 2 aromatic rings. The first kappa shape index (κ1) is 12.7. The maximum Gasteiger partial charge on any atom is 0.128 e. The number of anilines is 1. The predicted molar refractivity (Wildman–Crippen MR) is 79.2 cm³/mol. The fourth-order valence-corrected chi connectivity index (χ4v) is 2.90. The standard InChI is InChI=1S/C14H17BrN4/c1-11-4-6-18(14-3-2-12(15)8-17-14)9-13(11)19-7-5-16-10-19/h2-3,5,7-8,10-11,13H,4,6,9H2,1H3/t11-,13+/m1/s1. The van der Waals surface area contributed by atoms with E-state index in [1.807, 2.05) is 24.8 Å². The van der Waals surface area contributed by atoms with Crippen molar-refractivity contribution < 1.29 is 0 Å². The van der Waals surface area contributed by atoms with E-state index in [1.165, 1.54) is 6.42 Å². The predicted octanol–water partition coefficient (Wildman–Crippen LogP) is 3.13. The lowest BCUT2D eigenvalue weighted by atomic mass is 9.93. The minimum atomic E-state index is 0.474. The molecule has 1 aliphatic heterocycles. The lowest BCUT2D eigenvalue weighted by molar-refractivity contribution is 0.298. The van der Waals surface area contributed by atoms with E-state index in [0.29, 0.717) is 12.0 Å². The van der Waals surface area contributed by atoms with Crippen LogP contribution in [0.25, 0.3) is 0 Å². The summed E-state index contributed by atoms with van der Waals surface area (Å²) in [6, 6.07) is 4.60. The van der Waals surface area contributed by atoms with Crippen LogP contribution in [-0.2, 0) is 0 Å². The van der Waals surface area contributed by atoms with Crippen LogP contribution in [0.4, 0.5) is 5.82 Å². The van der Waals surface area contributed by atoms with Crippen molar-refractivity contribution in [1.82, 2.24) is 14.5 Å². The fraction of sp³-hybridized carbons (Fsp3) is 0.429. The molecule has 0 bridgehead atoms. The zero-order valence-corrected chi connectivity index (χ0v) is 12.5. The van der Waals surface area contributed by atoms with Gasteiger partial charge in [-0.15, -0.1) is 0 Å². The monoisotopic (exact) mass is 320 g/mol. The van der Waals surface area contributed by atoms with Crippen molar-refractivity contribution in [2.45, 2.75) is 19.4 Å². The molecule has 0 aliphatic carbocycles. The van der Waals surface area contributed by atoms with Gasteiger partial charge in [0, 0.05) is 36.2 Å². The van der Waals surface area contributed by atoms with Gasteiger partial charge in [0.25, 0.3) is 0 Å². The number of halogens is 1. The molecule has 0 N–H and O–H groups in total. The van der Waals surface area contributed by atoms with Crippen LogP contribution in [0.2, 0.25) is 0 Å². The van der Waals surface area contributed by atoms with E-state index in [1.54, 1.807) is 0 Å². The van der Waals surface area contributed by atoms with Gasteiger partial charge in [-0.2, -0.15) is 0 Å². The summed E-state index contributed by atoms with van der Waals surface area (Å²) in [6.45, 7) is 4.38. The van der Waals surface area contributed by atoms with Crippen molar-refractivity contribution in [2.24, 2.45) is 5.92 Å². The van der Waals surface area contributed by atoms with Crippen molar-refractivity contribution >= 4 is 21.7 Å². The highest BCUT2D eigenvalue weighted by Crippen LogP contribution is 2.29. The molecule has 0 radical (unpaired) electrons. The maximum absolute atomic E-state index is 4.50. The van der Waals surface area contributed by atoms with Gasteiger partial charge in [-0.05, 0) is 40.4 Å². The summed E-state index contributed by atoms with van der Waals surface area (Å²) in [5.41, 5.74) is 0. The van der Waals surface area contributed by atoms with Crippen molar-refractivity contribution in [3.63, 3.8) is 0 Å². The van der Waals surface area contributed by atoms with Gasteiger partial charge in [0.05, 0.1) is 12.4 Å². The average Bonchev–Trinajstić information content (AvgIpc) is 2.94. The topological polar surface area (TPSA) is 34.0 Å². The largest absolute Gasteiger partial charge is 0.355 e. The zero-order chi connectivity index (χ0) is 13.2. The Morgan fingerprint density at radius 3 is 2.95 bits per heavy atom. The van der Waals surface area contributed by atoms with Gasteiger partial charge in [0.15, 0.2) is 0 Å². The number of hydrogen-bond donors (Lipinski definition) is 0. The maximum atomic E-state index is 4.50. The highest BCUT2D eigenvalue weighted by molar-refractivity contribution is 9.10. The third-order valence-corrected chi connectivity index (χ3v) is 4.33. The molecule has 1 saturated heterocycles. The van der Waals surface area contributed by atoms with Crippen LogP contribution in [0.5, 0.6) is 0 Å². The second kappa shape index (κ2) is 5.33. The highest BCUT2D eigenvalue weighted by Gasteiger charge is 2.27. The Hall–Kier alpha value is -1.36. The van der Waals surface area contributed by atoms with Crippen LogP contribution in [0.3, 0.4) is 0 Å². The zero-order valence-electron chi connectivity index (χ0n) is 10.9. The van der Waals surface area contributed by atoms with Gasteiger partial charge in [0.1, 0.15) is 5.82 Å². The smallest absolute Gasteiger partial charge is 0.128 e. The van der Waals surface area contributed by atoms with E-state index in [2.05, 4.69) is 54.6 Å². The van der Waals surface area contributed by atoms with Gasteiger partial charge >= 0.3 is 0 Å². The van der Waals surface area contributed by atoms with Crippen molar-refractivity contribution in [1.29, 1.82) is 0 Å². The molecule has 1 aliphatic rings. The van der Waals surface area contributed by atoms with Crippen LogP contribution >= 0.6 is 15.9 Å². The number of pyridine rings is 1. The average molecular weight is 321 g/mol. The van der Waals surface area contributed by atoms with E-state index in [9.17, 15) is 0 Å². The van der Waals surface area contributed by atoms with Gasteiger partial charge in [-0.1, -0.05) is 6.92 Å². The number of imidazole rings is 1. The SMILES string of the molecule is C[C@@H]1CCN(c2ccc(Br)cn2)C[C@@H]1n1ccnc1. The number of aromatic nitrogens is 3. The summed E-state index contributed by atoms with van der Waals surface area (Å²) < 4.78 is 3.24. The molecular formula is C14H17BrN4. The first-order chi connectivity index (χ1) is 9.24. The molecule has 0 saturated carbocycles. The van der Waals surface area contributed by atoms with Gasteiger partial charge in [-0.3, -0.25) is 0 Å². The molecular weight excluding hydrogens is 304 g/mol. The molecule has 3 rings (SSSR count). The molecule has 2 aromatic heterocycles. The third kappa shape index (κ3) is 2.66.